The van der Waals surface area contributed by atoms with Crippen LogP contribution in [-0.2, 0) is 5.33 Å². The van der Waals surface area contributed by atoms with Gasteiger partial charge < -0.3 is 10.6 Å². The third kappa shape index (κ3) is 4.15. The Morgan fingerprint density at radius 3 is 2.43 bits per heavy atom. The maximum Gasteiger partial charge on any atom is 0.323 e. The number of benzene rings is 1. The van der Waals surface area contributed by atoms with Crippen LogP contribution in [0.25, 0.3) is 0 Å². The summed E-state index contributed by atoms with van der Waals surface area (Å²) in [5.41, 5.74) is 2.38. The fourth-order valence-electron chi connectivity index (χ4n) is 1.78. The number of carbonyl (C=O) groups is 2. The Morgan fingerprint density at radius 2 is 1.86 bits per heavy atom. The Labute approximate surface area is 135 Å². The molecule has 21 heavy (non-hydrogen) atoms. The van der Waals surface area contributed by atoms with E-state index in [4.69, 9.17) is 0 Å². The van der Waals surface area contributed by atoms with Crippen molar-refractivity contribution in [1.29, 1.82) is 0 Å². The lowest BCUT2D eigenvalue weighted by Gasteiger charge is -2.07. The van der Waals surface area contributed by atoms with Crippen molar-refractivity contribution in [2.45, 2.75) is 19.2 Å². The molecular weight excluding hydrogens is 352 g/mol. The molecule has 2 aromatic rings. The van der Waals surface area contributed by atoms with Crippen LogP contribution in [0.4, 0.5) is 16.2 Å². The zero-order valence-electron chi connectivity index (χ0n) is 11.7. The standard InChI is InChI=1S/C15H15BrN2O2S/c1-9-3-5-11(6-4-9)17-15(20)18-13-7-12(8-16)21-14(13)10(2)19/h3-7H,8H2,1-2H3,(H2,17,18,20). The van der Waals surface area contributed by atoms with Crippen LogP contribution in [-0.4, -0.2) is 11.8 Å². The molecule has 1 aromatic heterocycles. The van der Waals surface area contributed by atoms with Crippen LogP contribution in [0.2, 0.25) is 0 Å². The second-order valence-corrected chi connectivity index (χ2v) is 6.29. The monoisotopic (exact) mass is 366 g/mol. The van der Waals surface area contributed by atoms with Gasteiger partial charge in [0.25, 0.3) is 0 Å². The number of hydrogen-bond acceptors (Lipinski definition) is 3. The Hall–Kier alpha value is -1.66. The molecule has 2 rings (SSSR count). The van der Waals surface area contributed by atoms with Crippen molar-refractivity contribution in [3.63, 3.8) is 0 Å². The number of Topliss-reactive ketones (excluding diaryl/α,β-unsaturated/α-hetero) is 1. The lowest BCUT2D eigenvalue weighted by molar-refractivity contribution is 0.102. The number of anilines is 2. The molecule has 0 radical (unpaired) electrons. The van der Waals surface area contributed by atoms with Gasteiger partial charge in [-0.3, -0.25) is 4.79 Å². The molecule has 0 saturated carbocycles. The van der Waals surface area contributed by atoms with Gasteiger partial charge in [-0.15, -0.1) is 11.3 Å². The zero-order chi connectivity index (χ0) is 15.4. The van der Waals surface area contributed by atoms with E-state index >= 15 is 0 Å². The summed E-state index contributed by atoms with van der Waals surface area (Å²) in [5.74, 6) is -0.0576. The predicted octanol–water partition coefficient (Wildman–Crippen LogP) is 4.80. The van der Waals surface area contributed by atoms with Gasteiger partial charge >= 0.3 is 6.03 Å². The van der Waals surface area contributed by atoms with Crippen molar-refractivity contribution in [2.75, 3.05) is 10.6 Å². The first kappa shape index (κ1) is 15.7. The molecule has 0 unspecified atom stereocenters. The van der Waals surface area contributed by atoms with Crippen molar-refractivity contribution in [2.24, 2.45) is 0 Å². The van der Waals surface area contributed by atoms with E-state index < -0.39 is 0 Å². The van der Waals surface area contributed by atoms with Crippen LogP contribution in [0.15, 0.2) is 30.3 Å². The highest BCUT2D eigenvalue weighted by Crippen LogP contribution is 2.29. The number of aryl methyl sites for hydroxylation is 1. The van der Waals surface area contributed by atoms with E-state index in [0.29, 0.717) is 21.6 Å². The number of thiophene rings is 1. The molecule has 110 valence electrons. The van der Waals surface area contributed by atoms with E-state index in [1.807, 2.05) is 37.3 Å². The Morgan fingerprint density at radius 1 is 1.19 bits per heavy atom. The molecule has 0 fully saturated rings. The summed E-state index contributed by atoms with van der Waals surface area (Å²) in [4.78, 5) is 25.1. The van der Waals surface area contributed by atoms with Crippen molar-refractivity contribution < 1.29 is 9.59 Å². The molecule has 0 aliphatic carbocycles. The molecule has 0 aliphatic rings. The maximum atomic E-state index is 12.0. The molecule has 0 aliphatic heterocycles. The quantitative estimate of drug-likeness (QED) is 0.603. The smallest absolute Gasteiger partial charge is 0.308 e. The molecular formula is C15H15BrN2O2S. The third-order valence-corrected chi connectivity index (χ3v) is 5.00. The summed E-state index contributed by atoms with van der Waals surface area (Å²) < 4.78 is 0. The predicted molar refractivity (Wildman–Crippen MR) is 90.8 cm³/mol. The molecule has 1 heterocycles. The van der Waals surface area contributed by atoms with Gasteiger partial charge in [0, 0.05) is 22.8 Å². The van der Waals surface area contributed by atoms with Gasteiger partial charge in [-0.2, -0.15) is 0 Å². The number of carbonyl (C=O) groups excluding carboxylic acids is 2. The van der Waals surface area contributed by atoms with E-state index in [-0.39, 0.29) is 11.8 Å². The zero-order valence-corrected chi connectivity index (χ0v) is 14.1. The highest BCUT2D eigenvalue weighted by atomic mass is 79.9. The highest BCUT2D eigenvalue weighted by Gasteiger charge is 2.14. The molecule has 0 spiro atoms. The molecule has 0 saturated heterocycles. The van der Waals surface area contributed by atoms with Crippen LogP contribution in [0, 0.1) is 6.92 Å². The second-order valence-electron chi connectivity index (χ2n) is 4.59. The number of urea groups is 1. The summed E-state index contributed by atoms with van der Waals surface area (Å²) >= 11 is 4.73. The molecule has 2 amide bonds. The Balaban J connectivity index is 2.10. The minimum Gasteiger partial charge on any atom is -0.308 e. The summed E-state index contributed by atoms with van der Waals surface area (Å²) in [7, 11) is 0. The van der Waals surface area contributed by atoms with Crippen LogP contribution >= 0.6 is 27.3 Å². The van der Waals surface area contributed by atoms with Gasteiger partial charge in [-0.05, 0) is 25.1 Å². The molecule has 1 aromatic carbocycles. The van der Waals surface area contributed by atoms with Crippen LogP contribution in [0.1, 0.15) is 27.0 Å². The van der Waals surface area contributed by atoms with Crippen molar-refractivity contribution in [3.05, 3.63) is 45.6 Å². The fourth-order valence-corrected chi connectivity index (χ4v) is 3.15. The van der Waals surface area contributed by atoms with Crippen LogP contribution < -0.4 is 10.6 Å². The van der Waals surface area contributed by atoms with E-state index in [9.17, 15) is 9.59 Å². The number of alkyl halides is 1. The van der Waals surface area contributed by atoms with Gasteiger partial charge in [-0.25, -0.2) is 4.79 Å². The number of hydrogen-bond donors (Lipinski definition) is 2. The van der Waals surface area contributed by atoms with Crippen molar-refractivity contribution >= 4 is 50.5 Å². The van der Waals surface area contributed by atoms with E-state index in [1.165, 1.54) is 18.3 Å². The first-order chi connectivity index (χ1) is 9.99. The summed E-state index contributed by atoms with van der Waals surface area (Å²) in [6, 6.07) is 8.95. The normalized spacial score (nSPS) is 10.2. The van der Waals surface area contributed by atoms with Gasteiger partial charge in [-0.1, -0.05) is 33.6 Å². The first-order valence-corrected chi connectivity index (χ1v) is 8.27. The molecule has 4 nitrogen and oxygen atoms in total. The maximum absolute atomic E-state index is 12.0. The number of rotatable bonds is 4. The lowest BCUT2D eigenvalue weighted by atomic mass is 10.2. The number of nitrogens with one attached hydrogen (secondary N) is 2. The Kier molecular flexibility index (Phi) is 5.14. The van der Waals surface area contributed by atoms with Gasteiger partial charge in [0.15, 0.2) is 5.78 Å². The highest BCUT2D eigenvalue weighted by molar-refractivity contribution is 9.08. The average molecular weight is 367 g/mol. The van der Waals surface area contributed by atoms with Crippen LogP contribution in [0.5, 0.6) is 0 Å². The first-order valence-electron chi connectivity index (χ1n) is 6.34. The number of halogens is 1. The van der Waals surface area contributed by atoms with E-state index in [1.54, 1.807) is 0 Å². The number of amides is 2. The molecule has 6 heteroatoms. The van der Waals surface area contributed by atoms with Gasteiger partial charge in [0.2, 0.25) is 0 Å². The van der Waals surface area contributed by atoms with Crippen molar-refractivity contribution in [1.82, 2.24) is 0 Å². The molecule has 2 N–H and O–H groups in total. The van der Waals surface area contributed by atoms with E-state index in [2.05, 4.69) is 26.6 Å². The van der Waals surface area contributed by atoms with E-state index in [0.717, 1.165) is 10.4 Å². The number of ketones is 1. The fraction of sp³-hybridized carbons (Fsp3) is 0.200. The summed E-state index contributed by atoms with van der Waals surface area (Å²) in [6.45, 7) is 3.48. The SMILES string of the molecule is CC(=O)c1sc(CBr)cc1NC(=O)Nc1ccc(C)cc1. The molecule has 0 atom stereocenters. The van der Waals surface area contributed by atoms with Gasteiger partial charge in [0.05, 0.1) is 10.6 Å². The average Bonchev–Trinajstić information content (AvgIpc) is 2.84. The summed E-state index contributed by atoms with van der Waals surface area (Å²) in [6.07, 6.45) is 0. The van der Waals surface area contributed by atoms with Crippen molar-refractivity contribution in [3.8, 4) is 0 Å². The molecule has 0 bridgehead atoms. The Bertz CT molecular complexity index is 665. The van der Waals surface area contributed by atoms with Crippen LogP contribution in [0.3, 0.4) is 0 Å². The minimum absolute atomic E-state index is 0.0576. The summed E-state index contributed by atoms with van der Waals surface area (Å²) in [5, 5.41) is 6.12. The topological polar surface area (TPSA) is 58.2 Å². The van der Waals surface area contributed by atoms with Gasteiger partial charge in [0.1, 0.15) is 0 Å². The minimum atomic E-state index is -0.361. The largest absolute Gasteiger partial charge is 0.323 e. The second kappa shape index (κ2) is 6.87. The third-order valence-electron chi connectivity index (χ3n) is 2.79. The lowest BCUT2D eigenvalue weighted by Crippen LogP contribution is -2.20.